The lowest BCUT2D eigenvalue weighted by Crippen LogP contribution is -2.41. The van der Waals surface area contributed by atoms with Gasteiger partial charge in [0, 0.05) is 12.2 Å². The van der Waals surface area contributed by atoms with Gasteiger partial charge in [0.2, 0.25) is 5.91 Å². The molecule has 112 valence electrons. The third-order valence-corrected chi connectivity index (χ3v) is 3.05. The molecule has 0 unspecified atom stereocenters. The zero-order valence-electron chi connectivity index (χ0n) is 12.0. The minimum Gasteiger partial charge on any atom is -0.481 e. The van der Waals surface area contributed by atoms with Crippen LogP contribution in [-0.2, 0) is 9.59 Å². The Morgan fingerprint density at radius 1 is 1.29 bits per heavy atom. The van der Waals surface area contributed by atoms with E-state index >= 15 is 0 Å². The Balaban J connectivity index is 2.73. The lowest BCUT2D eigenvalue weighted by molar-refractivity contribution is -0.137. The maximum atomic E-state index is 12.3. The number of rotatable bonds is 8. The Bertz CT molecular complexity index is 511. The van der Waals surface area contributed by atoms with Crippen LogP contribution in [0.2, 0.25) is 0 Å². The van der Waals surface area contributed by atoms with Crippen LogP contribution in [0, 0.1) is 11.3 Å². The highest BCUT2D eigenvalue weighted by atomic mass is 16.4. The molecular weight excluding hydrogens is 270 g/mol. The number of para-hydroxylation sites is 1. The molecule has 0 spiro atoms. The van der Waals surface area contributed by atoms with Crippen molar-refractivity contribution in [3.8, 4) is 6.07 Å². The van der Waals surface area contributed by atoms with E-state index < -0.39 is 5.97 Å². The molecule has 0 heterocycles. The maximum Gasteiger partial charge on any atom is 0.304 e. The molecule has 1 amide bonds. The van der Waals surface area contributed by atoms with Gasteiger partial charge in [0.05, 0.1) is 19.0 Å². The second-order valence-corrected chi connectivity index (χ2v) is 4.49. The molecule has 0 aliphatic heterocycles. The number of nitriles is 1. The molecule has 6 nitrogen and oxygen atoms in total. The largest absolute Gasteiger partial charge is 0.481 e. The normalized spacial score (nSPS) is 10.1. The molecule has 1 aromatic carbocycles. The summed E-state index contributed by atoms with van der Waals surface area (Å²) in [6.45, 7) is 2.83. The first-order chi connectivity index (χ1) is 10.1. The third-order valence-electron chi connectivity index (χ3n) is 3.05. The van der Waals surface area contributed by atoms with Crippen molar-refractivity contribution in [1.29, 1.82) is 5.26 Å². The Hall–Kier alpha value is -2.39. The van der Waals surface area contributed by atoms with Gasteiger partial charge < -0.3 is 5.11 Å². The molecule has 0 saturated carbocycles. The molecule has 0 aliphatic carbocycles. The third kappa shape index (κ3) is 5.63. The van der Waals surface area contributed by atoms with Gasteiger partial charge in [0.15, 0.2) is 0 Å². The number of amides is 1. The van der Waals surface area contributed by atoms with Crippen molar-refractivity contribution in [3.63, 3.8) is 0 Å². The highest BCUT2D eigenvalue weighted by Crippen LogP contribution is 2.13. The van der Waals surface area contributed by atoms with Crippen molar-refractivity contribution in [2.45, 2.75) is 13.3 Å². The van der Waals surface area contributed by atoms with Crippen LogP contribution in [0.15, 0.2) is 30.3 Å². The van der Waals surface area contributed by atoms with Crippen LogP contribution in [0.25, 0.3) is 0 Å². The summed E-state index contributed by atoms with van der Waals surface area (Å²) in [6, 6.07) is 11.0. The van der Waals surface area contributed by atoms with E-state index in [2.05, 4.69) is 0 Å². The zero-order valence-corrected chi connectivity index (χ0v) is 12.0. The van der Waals surface area contributed by atoms with Crippen molar-refractivity contribution in [3.05, 3.63) is 30.3 Å². The second kappa shape index (κ2) is 8.72. The number of benzene rings is 1. The quantitative estimate of drug-likeness (QED) is 0.730. The summed E-state index contributed by atoms with van der Waals surface area (Å²) in [4.78, 5) is 26.1. The Morgan fingerprint density at radius 3 is 2.48 bits per heavy atom. The summed E-state index contributed by atoms with van der Waals surface area (Å²) in [5.41, 5.74) is 0.665. The molecule has 0 saturated heterocycles. The van der Waals surface area contributed by atoms with Gasteiger partial charge in [-0.05, 0) is 18.7 Å². The summed E-state index contributed by atoms with van der Waals surface area (Å²) in [5.74, 6) is -1.10. The second-order valence-electron chi connectivity index (χ2n) is 4.49. The van der Waals surface area contributed by atoms with Crippen LogP contribution < -0.4 is 4.90 Å². The zero-order chi connectivity index (χ0) is 15.7. The van der Waals surface area contributed by atoms with Crippen molar-refractivity contribution in [2.24, 2.45) is 0 Å². The number of likely N-dealkylation sites (N-methyl/N-ethyl adjacent to an activating group) is 1. The van der Waals surface area contributed by atoms with E-state index in [1.807, 2.05) is 19.1 Å². The maximum absolute atomic E-state index is 12.3. The molecule has 21 heavy (non-hydrogen) atoms. The van der Waals surface area contributed by atoms with Gasteiger partial charge in [-0.15, -0.1) is 0 Å². The standard InChI is InChI=1S/C15H19N3O3/c1-2-17(10-8-15(20)21)12-14(19)18(11-9-16)13-6-4-3-5-7-13/h3-7H,2,8,10-12H2,1H3,(H,20,21). The predicted octanol–water partition coefficient (Wildman–Crippen LogP) is 1.34. The van der Waals surface area contributed by atoms with E-state index in [9.17, 15) is 9.59 Å². The summed E-state index contributed by atoms with van der Waals surface area (Å²) in [7, 11) is 0. The topological polar surface area (TPSA) is 84.6 Å². The van der Waals surface area contributed by atoms with Gasteiger partial charge in [-0.2, -0.15) is 5.26 Å². The Labute approximate surface area is 124 Å². The van der Waals surface area contributed by atoms with Gasteiger partial charge in [-0.1, -0.05) is 25.1 Å². The number of anilines is 1. The summed E-state index contributed by atoms with van der Waals surface area (Å²) < 4.78 is 0. The molecule has 0 radical (unpaired) electrons. The van der Waals surface area contributed by atoms with Crippen molar-refractivity contribution in [2.75, 3.05) is 31.1 Å². The highest BCUT2D eigenvalue weighted by molar-refractivity contribution is 5.95. The lowest BCUT2D eigenvalue weighted by atomic mass is 10.2. The number of carbonyl (C=O) groups excluding carboxylic acids is 1. The minimum atomic E-state index is -0.891. The van der Waals surface area contributed by atoms with E-state index in [0.29, 0.717) is 18.8 Å². The van der Waals surface area contributed by atoms with E-state index in [-0.39, 0.29) is 25.4 Å². The fraction of sp³-hybridized carbons (Fsp3) is 0.400. The first kappa shape index (κ1) is 16.7. The number of aliphatic carboxylic acids is 1. The average molecular weight is 289 g/mol. The smallest absolute Gasteiger partial charge is 0.304 e. The first-order valence-corrected chi connectivity index (χ1v) is 6.75. The Morgan fingerprint density at radius 2 is 1.95 bits per heavy atom. The van der Waals surface area contributed by atoms with E-state index in [0.717, 1.165) is 0 Å². The molecule has 0 atom stereocenters. The average Bonchev–Trinajstić information content (AvgIpc) is 2.49. The molecular formula is C15H19N3O3. The number of carboxylic acids is 1. The van der Waals surface area contributed by atoms with Gasteiger partial charge in [-0.25, -0.2) is 0 Å². The van der Waals surface area contributed by atoms with Crippen LogP contribution in [0.5, 0.6) is 0 Å². The van der Waals surface area contributed by atoms with E-state index in [4.69, 9.17) is 10.4 Å². The number of carboxylic acid groups (broad SMARTS) is 1. The molecule has 0 bridgehead atoms. The van der Waals surface area contributed by atoms with Gasteiger partial charge in [-0.3, -0.25) is 19.4 Å². The molecule has 1 N–H and O–H groups in total. The van der Waals surface area contributed by atoms with Crippen molar-refractivity contribution < 1.29 is 14.7 Å². The van der Waals surface area contributed by atoms with Crippen LogP contribution in [0.1, 0.15) is 13.3 Å². The molecule has 0 aliphatic rings. The number of hydrogen-bond donors (Lipinski definition) is 1. The van der Waals surface area contributed by atoms with Crippen molar-refractivity contribution >= 4 is 17.6 Å². The predicted molar refractivity (Wildman–Crippen MR) is 78.8 cm³/mol. The fourth-order valence-electron chi connectivity index (χ4n) is 1.88. The lowest BCUT2D eigenvalue weighted by Gasteiger charge is -2.24. The number of hydrogen-bond acceptors (Lipinski definition) is 4. The van der Waals surface area contributed by atoms with Crippen LogP contribution in [0.4, 0.5) is 5.69 Å². The molecule has 0 aromatic heterocycles. The van der Waals surface area contributed by atoms with Gasteiger partial charge in [0.25, 0.3) is 0 Å². The van der Waals surface area contributed by atoms with Crippen LogP contribution >= 0.6 is 0 Å². The molecule has 1 rings (SSSR count). The summed E-state index contributed by atoms with van der Waals surface area (Å²) in [6.07, 6.45) is -0.00922. The van der Waals surface area contributed by atoms with E-state index in [1.54, 1.807) is 29.2 Å². The SMILES string of the molecule is CCN(CCC(=O)O)CC(=O)N(CC#N)c1ccccc1. The van der Waals surface area contributed by atoms with Gasteiger partial charge >= 0.3 is 5.97 Å². The van der Waals surface area contributed by atoms with Crippen LogP contribution in [0.3, 0.4) is 0 Å². The molecule has 0 fully saturated rings. The Kier molecular flexibility index (Phi) is 6.92. The fourth-order valence-corrected chi connectivity index (χ4v) is 1.88. The van der Waals surface area contributed by atoms with Crippen LogP contribution in [-0.4, -0.2) is 48.1 Å². The van der Waals surface area contributed by atoms with Crippen molar-refractivity contribution in [1.82, 2.24) is 4.90 Å². The van der Waals surface area contributed by atoms with E-state index in [1.165, 1.54) is 4.90 Å². The monoisotopic (exact) mass is 289 g/mol. The molecule has 1 aromatic rings. The molecule has 6 heteroatoms. The highest BCUT2D eigenvalue weighted by Gasteiger charge is 2.18. The first-order valence-electron chi connectivity index (χ1n) is 6.75. The van der Waals surface area contributed by atoms with Gasteiger partial charge in [0.1, 0.15) is 6.54 Å². The minimum absolute atomic E-state index is 0.00922. The number of carbonyl (C=O) groups is 2. The summed E-state index contributed by atoms with van der Waals surface area (Å²) >= 11 is 0. The number of nitrogens with zero attached hydrogens (tertiary/aromatic N) is 3. The summed E-state index contributed by atoms with van der Waals surface area (Å²) in [5, 5.41) is 17.6.